The van der Waals surface area contributed by atoms with E-state index in [1.54, 1.807) is 6.33 Å². The topological polar surface area (TPSA) is 60.0 Å². The summed E-state index contributed by atoms with van der Waals surface area (Å²) in [5.74, 6) is 2.63. The minimum Gasteiger partial charge on any atom is -0.450 e. The molecule has 1 unspecified atom stereocenters. The Morgan fingerprint density at radius 1 is 1.19 bits per heavy atom. The Hall–Kier alpha value is -2.89. The average Bonchev–Trinajstić information content (AvgIpc) is 3.25. The van der Waals surface area contributed by atoms with E-state index in [2.05, 4.69) is 37.5 Å². The fourth-order valence-corrected chi connectivity index (χ4v) is 4.01. The highest BCUT2D eigenvalue weighted by molar-refractivity contribution is 6.05. The fourth-order valence-electron chi connectivity index (χ4n) is 4.01. The van der Waals surface area contributed by atoms with Gasteiger partial charge in [-0.25, -0.2) is 15.0 Å². The number of piperidine rings is 1. The Morgan fingerprint density at radius 3 is 3.00 bits per heavy atom. The maximum absolute atomic E-state index is 6.11. The molecule has 0 amide bonds. The summed E-state index contributed by atoms with van der Waals surface area (Å²) in [7, 11) is 2.06. The van der Waals surface area contributed by atoms with E-state index in [-0.39, 0.29) is 0 Å². The maximum Gasteiger partial charge on any atom is 0.196 e. The van der Waals surface area contributed by atoms with E-state index >= 15 is 0 Å². The second-order valence-electron chi connectivity index (χ2n) is 7.09. The number of rotatable bonds is 3. The number of aromatic nitrogens is 4. The molecule has 4 aromatic rings. The van der Waals surface area contributed by atoms with Gasteiger partial charge in [-0.15, -0.1) is 0 Å². The van der Waals surface area contributed by atoms with Crippen molar-refractivity contribution in [3.63, 3.8) is 0 Å². The number of fused-ring (bicyclic) bond motifs is 3. The number of anilines is 1. The van der Waals surface area contributed by atoms with Crippen LogP contribution in [0.2, 0.25) is 0 Å². The van der Waals surface area contributed by atoms with Gasteiger partial charge in [0.2, 0.25) is 0 Å². The summed E-state index contributed by atoms with van der Waals surface area (Å²) in [6.45, 7) is 1.97. The molecule has 0 N–H and O–H groups in total. The molecule has 3 aromatic heterocycles. The Labute approximate surface area is 151 Å². The minimum absolute atomic E-state index is 0.569. The first kappa shape index (κ1) is 15.4. The predicted octanol–water partition coefficient (Wildman–Crippen LogP) is 3.57. The summed E-state index contributed by atoms with van der Waals surface area (Å²) in [4.78, 5) is 15.9. The number of hydrogen-bond donors (Lipinski definition) is 0. The third-order valence-corrected chi connectivity index (χ3v) is 5.35. The molecule has 1 aliphatic heterocycles. The molecule has 0 spiro atoms. The summed E-state index contributed by atoms with van der Waals surface area (Å²) in [6, 6.07) is 8.05. The SMILES string of the molecule is Cn1ccnc1CC1CCCN(c2ncnc3c2oc2ccccc23)C1. The van der Waals surface area contributed by atoms with Gasteiger partial charge in [-0.2, -0.15) is 0 Å². The van der Waals surface area contributed by atoms with Crippen LogP contribution in [-0.2, 0) is 13.5 Å². The monoisotopic (exact) mass is 347 g/mol. The highest BCUT2D eigenvalue weighted by Gasteiger charge is 2.25. The van der Waals surface area contributed by atoms with Crippen molar-refractivity contribution in [3.8, 4) is 0 Å². The highest BCUT2D eigenvalue weighted by atomic mass is 16.3. The van der Waals surface area contributed by atoms with Gasteiger partial charge in [-0.05, 0) is 30.9 Å². The van der Waals surface area contributed by atoms with E-state index in [4.69, 9.17) is 4.42 Å². The van der Waals surface area contributed by atoms with Crippen LogP contribution < -0.4 is 4.90 Å². The largest absolute Gasteiger partial charge is 0.450 e. The quantitative estimate of drug-likeness (QED) is 0.567. The zero-order valence-electron chi connectivity index (χ0n) is 14.8. The van der Waals surface area contributed by atoms with Crippen molar-refractivity contribution in [3.05, 3.63) is 48.8 Å². The van der Waals surface area contributed by atoms with Gasteiger partial charge >= 0.3 is 0 Å². The van der Waals surface area contributed by atoms with Crippen molar-refractivity contribution in [2.45, 2.75) is 19.3 Å². The van der Waals surface area contributed by atoms with Crippen molar-refractivity contribution in [2.75, 3.05) is 18.0 Å². The van der Waals surface area contributed by atoms with Crippen LogP contribution in [0.25, 0.3) is 22.1 Å². The Morgan fingerprint density at radius 2 is 2.12 bits per heavy atom. The number of nitrogens with zero attached hydrogens (tertiary/aromatic N) is 5. The van der Waals surface area contributed by atoms with Gasteiger partial charge < -0.3 is 13.9 Å². The first-order chi connectivity index (χ1) is 12.8. The maximum atomic E-state index is 6.11. The second kappa shape index (κ2) is 6.12. The van der Waals surface area contributed by atoms with Gasteiger partial charge in [0.1, 0.15) is 23.3 Å². The zero-order chi connectivity index (χ0) is 17.5. The molecule has 0 bridgehead atoms. The zero-order valence-corrected chi connectivity index (χ0v) is 14.8. The Kier molecular flexibility index (Phi) is 3.62. The lowest BCUT2D eigenvalue weighted by Crippen LogP contribution is -2.37. The molecule has 6 nitrogen and oxygen atoms in total. The molecule has 5 rings (SSSR count). The average molecular weight is 347 g/mol. The van der Waals surface area contributed by atoms with E-state index in [0.29, 0.717) is 5.92 Å². The van der Waals surface area contributed by atoms with E-state index in [9.17, 15) is 0 Å². The van der Waals surface area contributed by atoms with E-state index in [1.165, 1.54) is 6.42 Å². The molecule has 1 aliphatic rings. The molecular weight excluding hydrogens is 326 g/mol. The minimum atomic E-state index is 0.569. The van der Waals surface area contributed by atoms with Crippen LogP contribution in [0.15, 0.2) is 47.4 Å². The fraction of sp³-hybridized carbons (Fsp3) is 0.350. The highest BCUT2D eigenvalue weighted by Crippen LogP contribution is 2.34. The standard InChI is InChI=1S/C20H21N5O/c1-24-10-8-21-17(24)11-14-5-4-9-25(12-14)20-19-18(22-13-23-20)15-6-2-3-7-16(15)26-19/h2-3,6-8,10,13-14H,4-5,9,11-12H2,1H3. The lowest BCUT2D eigenvalue weighted by Gasteiger charge is -2.33. The van der Waals surface area contributed by atoms with Gasteiger partial charge in [-0.1, -0.05) is 12.1 Å². The Bertz CT molecular complexity index is 1070. The summed E-state index contributed by atoms with van der Waals surface area (Å²) in [6.07, 6.45) is 8.91. The molecule has 26 heavy (non-hydrogen) atoms. The van der Waals surface area contributed by atoms with Crippen LogP contribution in [-0.4, -0.2) is 32.6 Å². The predicted molar refractivity (Wildman–Crippen MR) is 101 cm³/mol. The molecule has 0 radical (unpaired) electrons. The van der Waals surface area contributed by atoms with Gasteiger partial charge in [0.05, 0.1) is 0 Å². The summed E-state index contributed by atoms with van der Waals surface area (Å²) in [5.41, 5.74) is 2.56. The van der Waals surface area contributed by atoms with Crippen LogP contribution >= 0.6 is 0 Å². The molecule has 4 heterocycles. The number of furan rings is 1. The second-order valence-corrected chi connectivity index (χ2v) is 7.09. The molecule has 1 saturated heterocycles. The van der Waals surface area contributed by atoms with Gasteiger partial charge in [-0.3, -0.25) is 0 Å². The lowest BCUT2D eigenvalue weighted by atomic mass is 9.94. The summed E-state index contributed by atoms with van der Waals surface area (Å²) < 4.78 is 8.23. The summed E-state index contributed by atoms with van der Waals surface area (Å²) >= 11 is 0. The third-order valence-electron chi connectivity index (χ3n) is 5.35. The molecule has 132 valence electrons. The number of aryl methyl sites for hydroxylation is 1. The van der Waals surface area contributed by atoms with Gasteiger partial charge in [0, 0.05) is 44.3 Å². The number of hydrogen-bond acceptors (Lipinski definition) is 5. The first-order valence-corrected chi connectivity index (χ1v) is 9.13. The van der Waals surface area contributed by atoms with E-state index in [0.717, 1.165) is 59.6 Å². The van der Waals surface area contributed by atoms with Crippen molar-refractivity contribution < 1.29 is 4.42 Å². The molecule has 0 aliphatic carbocycles. The lowest BCUT2D eigenvalue weighted by molar-refractivity contribution is 0.401. The normalized spacial score (nSPS) is 18.0. The van der Waals surface area contributed by atoms with Crippen LogP contribution in [0.4, 0.5) is 5.82 Å². The molecule has 1 atom stereocenters. The first-order valence-electron chi connectivity index (χ1n) is 9.13. The van der Waals surface area contributed by atoms with Gasteiger partial charge in [0.15, 0.2) is 11.4 Å². The number of para-hydroxylation sites is 1. The van der Waals surface area contributed by atoms with Crippen LogP contribution in [0.1, 0.15) is 18.7 Å². The third kappa shape index (κ3) is 2.53. The summed E-state index contributed by atoms with van der Waals surface area (Å²) in [5, 5.41) is 1.05. The van der Waals surface area contributed by atoms with Crippen molar-refractivity contribution >= 4 is 27.9 Å². The van der Waals surface area contributed by atoms with Crippen molar-refractivity contribution in [2.24, 2.45) is 13.0 Å². The van der Waals surface area contributed by atoms with Crippen molar-refractivity contribution in [1.82, 2.24) is 19.5 Å². The van der Waals surface area contributed by atoms with E-state index < -0.39 is 0 Å². The van der Waals surface area contributed by atoms with Gasteiger partial charge in [0.25, 0.3) is 0 Å². The van der Waals surface area contributed by atoms with Crippen LogP contribution in [0.5, 0.6) is 0 Å². The van der Waals surface area contributed by atoms with Crippen LogP contribution in [0.3, 0.4) is 0 Å². The Balaban J connectivity index is 1.48. The molecule has 0 saturated carbocycles. The van der Waals surface area contributed by atoms with Crippen LogP contribution in [0, 0.1) is 5.92 Å². The smallest absolute Gasteiger partial charge is 0.196 e. The number of benzene rings is 1. The molecule has 6 heteroatoms. The molecular formula is C20H21N5O. The molecule has 1 fully saturated rings. The number of imidazole rings is 1. The van der Waals surface area contributed by atoms with Crippen molar-refractivity contribution in [1.29, 1.82) is 0 Å². The van der Waals surface area contributed by atoms with E-state index in [1.807, 2.05) is 30.6 Å². The molecule has 1 aromatic carbocycles.